The first-order valence-corrected chi connectivity index (χ1v) is 6.81. The van der Waals surface area contributed by atoms with Gasteiger partial charge in [-0.2, -0.15) is 0 Å². The summed E-state index contributed by atoms with van der Waals surface area (Å²) in [7, 11) is 2.12. The molecule has 1 aromatic carbocycles. The van der Waals surface area contributed by atoms with Crippen molar-refractivity contribution in [3.63, 3.8) is 0 Å². The van der Waals surface area contributed by atoms with Gasteiger partial charge >= 0.3 is 0 Å². The zero-order valence-electron chi connectivity index (χ0n) is 11.5. The number of aromatic nitrogens is 1. The number of benzene rings is 1. The molecule has 1 aliphatic carbocycles. The Bertz CT molecular complexity index is 565. The Hall–Kier alpha value is -1.28. The predicted molar refractivity (Wildman–Crippen MR) is 76.5 cm³/mol. The number of nitrogens with one attached hydrogen (secondary N) is 1. The van der Waals surface area contributed by atoms with Gasteiger partial charge < -0.3 is 9.88 Å². The number of hydrogen-bond donors (Lipinski definition) is 1. The van der Waals surface area contributed by atoms with Crippen LogP contribution in [0.2, 0.25) is 0 Å². The summed E-state index contributed by atoms with van der Waals surface area (Å²) in [6.45, 7) is 6.85. The van der Waals surface area contributed by atoms with Crippen LogP contribution in [0, 0.1) is 11.3 Å². The van der Waals surface area contributed by atoms with E-state index >= 15 is 0 Å². The summed E-state index contributed by atoms with van der Waals surface area (Å²) >= 11 is 0. The van der Waals surface area contributed by atoms with E-state index in [4.69, 9.17) is 0 Å². The molecule has 2 heteroatoms. The number of para-hydroxylation sites is 1. The van der Waals surface area contributed by atoms with Crippen LogP contribution in [0.4, 0.5) is 0 Å². The molecule has 0 saturated heterocycles. The molecule has 1 heterocycles. The summed E-state index contributed by atoms with van der Waals surface area (Å²) < 4.78 is 2.22. The quantitative estimate of drug-likeness (QED) is 0.870. The summed E-state index contributed by atoms with van der Waals surface area (Å²) in [6, 6.07) is 8.62. The highest BCUT2D eigenvalue weighted by Gasteiger charge is 2.44. The molecule has 1 saturated carbocycles. The largest absolute Gasteiger partial charge is 0.350 e. The van der Waals surface area contributed by atoms with E-state index in [-0.39, 0.29) is 0 Å². The van der Waals surface area contributed by atoms with E-state index < -0.39 is 0 Å². The fourth-order valence-corrected chi connectivity index (χ4v) is 2.87. The van der Waals surface area contributed by atoms with Crippen molar-refractivity contribution in [2.75, 3.05) is 6.54 Å². The van der Waals surface area contributed by atoms with Crippen LogP contribution in [0.25, 0.3) is 10.9 Å². The summed E-state index contributed by atoms with van der Waals surface area (Å²) in [5, 5.41) is 4.99. The molecule has 0 bridgehead atoms. The van der Waals surface area contributed by atoms with Gasteiger partial charge in [0.25, 0.3) is 0 Å². The van der Waals surface area contributed by atoms with E-state index in [9.17, 15) is 0 Å². The summed E-state index contributed by atoms with van der Waals surface area (Å²) in [5.41, 5.74) is 3.30. The lowest BCUT2D eigenvalue weighted by molar-refractivity contribution is 0.520. The second-order valence-electron chi connectivity index (χ2n) is 6.30. The summed E-state index contributed by atoms with van der Waals surface area (Å²) in [4.78, 5) is 0. The van der Waals surface area contributed by atoms with Gasteiger partial charge in [-0.25, -0.2) is 0 Å². The Labute approximate surface area is 109 Å². The van der Waals surface area contributed by atoms with Crippen molar-refractivity contribution in [1.29, 1.82) is 0 Å². The fourth-order valence-electron chi connectivity index (χ4n) is 2.87. The highest BCUT2D eigenvalue weighted by molar-refractivity contribution is 5.83. The topological polar surface area (TPSA) is 17.0 Å². The third-order valence-electron chi connectivity index (χ3n) is 4.40. The molecule has 3 rings (SSSR count). The molecule has 1 N–H and O–H groups in total. The average Bonchev–Trinajstić information content (AvgIpc) is 2.81. The van der Waals surface area contributed by atoms with Crippen molar-refractivity contribution in [3.05, 3.63) is 36.0 Å². The number of aryl methyl sites for hydroxylation is 1. The van der Waals surface area contributed by atoms with Crippen LogP contribution in [-0.4, -0.2) is 11.1 Å². The van der Waals surface area contributed by atoms with E-state index in [1.807, 2.05) is 0 Å². The third-order valence-corrected chi connectivity index (χ3v) is 4.40. The second-order valence-corrected chi connectivity index (χ2v) is 6.30. The highest BCUT2D eigenvalue weighted by Crippen LogP contribution is 2.50. The highest BCUT2D eigenvalue weighted by atomic mass is 14.9. The van der Waals surface area contributed by atoms with Crippen LogP contribution in [0.3, 0.4) is 0 Å². The molecule has 0 amide bonds. The first-order chi connectivity index (χ1) is 8.58. The zero-order chi connectivity index (χ0) is 12.8. The Morgan fingerprint density at radius 3 is 2.78 bits per heavy atom. The molecule has 0 spiro atoms. The summed E-state index contributed by atoms with van der Waals surface area (Å²) in [6.07, 6.45) is 3.62. The van der Waals surface area contributed by atoms with Crippen molar-refractivity contribution in [2.24, 2.45) is 18.4 Å². The Morgan fingerprint density at radius 2 is 2.06 bits per heavy atom. The number of rotatable bonds is 4. The van der Waals surface area contributed by atoms with E-state index in [1.54, 1.807) is 0 Å². The molecule has 2 aromatic rings. The molecule has 0 radical (unpaired) electrons. The van der Waals surface area contributed by atoms with E-state index in [0.717, 1.165) is 19.0 Å². The van der Waals surface area contributed by atoms with E-state index in [2.05, 4.69) is 61.2 Å². The maximum Gasteiger partial charge on any atom is 0.0481 e. The normalized spacial score (nSPS) is 21.4. The van der Waals surface area contributed by atoms with Crippen molar-refractivity contribution in [3.8, 4) is 0 Å². The molecule has 1 atom stereocenters. The molecule has 18 heavy (non-hydrogen) atoms. The van der Waals surface area contributed by atoms with Gasteiger partial charge in [0, 0.05) is 30.7 Å². The maximum atomic E-state index is 3.61. The molecule has 96 valence electrons. The van der Waals surface area contributed by atoms with Crippen molar-refractivity contribution >= 4 is 10.9 Å². The molecule has 0 aliphatic heterocycles. The SMILES string of the molecule is Cn1cc(CNCC2CC2(C)C)c2ccccc21. The first kappa shape index (κ1) is 11.8. The smallest absolute Gasteiger partial charge is 0.0481 e. The van der Waals surface area contributed by atoms with Gasteiger partial charge in [0.2, 0.25) is 0 Å². The van der Waals surface area contributed by atoms with E-state index in [1.165, 1.54) is 22.9 Å². The minimum Gasteiger partial charge on any atom is -0.350 e. The minimum atomic E-state index is 0.575. The van der Waals surface area contributed by atoms with Gasteiger partial charge in [0.1, 0.15) is 0 Å². The molecule has 1 aromatic heterocycles. The third kappa shape index (κ3) is 2.05. The summed E-state index contributed by atoms with van der Waals surface area (Å²) in [5.74, 6) is 0.868. The van der Waals surface area contributed by atoms with Crippen LogP contribution in [0.1, 0.15) is 25.8 Å². The van der Waals surface area contributed by atoms with Crippen LogP contribution >= 0.6 is 0 Å². The van der Waals surface area contributed by atoms with Gasteiger partial charge in [-0.05, 0) is 35.9 Å². The molecular formula is C16H22N2. The molecule has 1 aliphatic rings. The monoisotopic (exact) mass is 242 g/mol. The van der Waals surface area contributed by atoms with E-state index in [0.29, 0.717) is 5.41 Å². The first-order valence-electron chi connectivity index (χ1n) is 6.81. The predicted octanol–water partition coefficient (Wildman–Crippen LogP) is 3.31. The lowest BCUT2D eigenvalue weighted by atomic mass is 10.1. The average molecular weight is 242 g/mol. The lowest BCUT2D eigenvalue weighted by Crippen LogP contribution is -2.17. The minimum absolute atomic E-state index is 0.575. The van der Waals surface area contributed by atoms with Gasteiger partial charge in [-0.15, -0.1) is 0 Å². The molecular weight excluding hydrogens is 220 g/mol. The maximum absolute atomic E-state index is 3.61. The molecule has 1 unspecified atom stereocenters. The van der Waals surface area contributed by atoms with Gasteiger partial charge in [0.15, 0.2) is 0 Å². The van der Waals surface area contributed by atoms with Crippen molar-refractivity contribution in [2.45, 2.75) is 26.8 Å². The van der Waals surface area contributed by atoms with Crippen LogP contribution < -0.4 is 5.32 Å². The Morgan fingerprint density at radius 1 is 1.33 bits per heavy atom. The van der Waals surface area contributed by atoms with Crippen molar-refractivity contribution in [1.82, 2.24) is 9.88 Å². The Balaban J connectivity index is 1.68. The zero-order valence-corrected chi connectivity index (χ0v) is 11.5. The van der Waals surface area contributed by atoms with Crippen LogP contribution in [0.5, 0.6) is 0 Å². The fraction of sp³-hybridized carbons (Fsp3) is 0.500. The second kappa shape index (κ2) is 4.13. The van der Waals surface area contributed by atoms with Crippen LogP contribution in [-0.2, 0) is 13.6 Å². The number of hydrogen-bond acceptors (Lipinski definition) is 1. The number of fused-ring (bicyclic) bond motifs is 1. The van der Waals surface area contributed by atoms with Gasteiger partial charge in [-0.3, -0.25) is 0 Å². The van der Waals surface area contributed by atoms with Gasteiger partial charge in [0.05, 0.1) is 0 Å². The van der Waals surface area contributed by atoms with Crippen molar-refractivity contribution < 1.29 is 0 Å². The standard InChI is InChI=1S/C16H22N2/c1-16(2)8-13(16)10-17-9-12-11-18(3)15-7-5-4-6-14(12)15/h4-7,11,13,17H,8-10H2,1-3H3. The molecule has 2 nitrogen and oxygen atoms in total. The number of nitrogens with zero attached hydrogens (tertiary/aromatic N) is 1. The van der Waals surface area contributed by atoms with Gasteiger partial charge in [-0.1, -0.05) is 32.0 Å². The van der Waals surface area contributed by atoms with Crippen LogP contribution in [0.15, 0.2) is 30.5 Å². The lowest BCUT2D eigenvalue weighted by Gasteiger charge is -2.05. The Kier molecular flexibility index (Phi) is 2.70. The molecule has 1 fully saturated rings.